The van der Waals surface area contributed by atoms with Crippen molar-refractivity contribution >= 4 is 11.8 Å². The van der Waals surface area contributed by atoms with Gasteiger partial charge in [0, 0.05) is 6.54 Å². The Hall–Kier alpha value is -1.10. The molecule has 0 aromatic carbocycles. The average Bonchev–Trinajstić information content (AvgIpc) is 2.42. The Morgan fingerprint density at radius 3 is 3.07 bits per heavy atom. The largest absolute Gasteiger partial charge is 0.354 e. The molecule has 0 aliphatic carbocycles. The predicted molar refractivity (Wildman–Crippen MR) is 57.3 cm³/mol. The van der Waals surface area contributed by atoms with Crippen molar-refractivity contribution in [1.29, 1.82) is 0 Å². The van der Waals surface area contributed by atoms with Gasteiger partial charge >= 0.3 is 0 Å². The van der Waals surface area contributed by atoms with Gasteiger partial charge in [0.2, 0.25) is 11.8 Å². The van der Waals surface area contributed by atoms with Crippen LogP contribution in [0, 0.1) is 0 Å². The zero-order valence-corrected chi connectivity index (χ0v) is 9.14. The van der Waals surface area contributed by atoms with Gasteiger partial charge in [-0.25, -0.2) is 0 Å². The molecule has 1 fully saturated rings. The van der Waals surface area contributed by atoms with E-state index in [9.17, 15) is 9.59 Å². The Labute approximate surface area is 90.0 Å². The molecule has 1 aliphatic heterocycles. The second-order valence-corrected chi connectivity index (χ2v) is 3.69. The number of amides is 2. The molecule has 0 saturated carbocycles. The van der Waals surface area contributed by atoms with Gasteiger partial charge in [-0.05, 0) is 25.8 Å². The molecule has 86 valence electrons. The Bertz CT molecular complexity index is 231. The first kappa shape index (κ1) is 12.0. The van der Waals surface area contributed by atoms with Crippen molar-refractivity contribution in [1.82, 2.24) is 16.0 Å². The van der Waals surface area contributed by atoms with Crippen molar-refractivity contribution in [3.63, 3.8) is 0 Å². The van der Waals surface area contributed by atoms with Gasteiger partial charge in [-0.3, -0.25) is 9.59 Å². The maximum absolute atomic E-state index is 11.5. The van der Waals surface area contributed by atoms with E-state index in [0.29, 0.717) is 0 Å². The molecule has 1 heterocycles. The summed E-state index contributed by atoms with van der Waals surface area (Å²) in [4.78, 5) is 22.9. The number of hydrogen-bond acceptors (Lipinski definition) is 3. The fourth-order valence-corrected chi connectivity index (χ4v) is 1.56. The van der Waals surface area contributed by atoms with Crippen LogP contribution in [0.3, 0.4) is 0 Å². The molecule has 0 bridgehead atoms. The number of hydrogen-bond donors (Lipinski definition) is 3. The molecule has 5 nitrogen and oxygen atoms in total. The topological polar surface area (TPSA) is 70.2 Å². The second-order valence-electron chi connectivity index (χ2n) is 3.69. The second kappa shape index (κ2) is 6.40. The highest BCUT2D eigenvalue weighted by atomic mass is 16.2. The summed E-state index contributed by atoms with van der Waals surface area (Å²) in [7, 11) is 0. The van der Waals surface area contributed by atoms with E-state index in [1.54, 1.807) is 0 Å². The van der Waals surface area contributed by atoms with Crippen molar-refractivity contribution in [2.45, 2.75) is 32.2 Å². The fraction of sp³-hybridized carbons (Fsp3) is 0.800. The Balaban J connectivity index is 2.34. The van der Waals surface area contributed by atoms with Crippen LogP contribution < -0.4 is 16.0 Å². The van der Waals surface area contributed by atoms with E-state index in [1.807, 2.05) is 6.92 Å². The molecule has 1 rings (SSSR count). The van der Waals surface area contributed by atoms with Crippen LogP contribution >= 0.6 is 0 Å². The van der Waals surface area contributed by atoms with Crippen LogP contribution in [-0.2, 0) is 9.59 Å². The van der Waals surface area contributed by atoms with Crippen LogP contribution in [0.25, 0.3) is 0 Å². The highest BCUT2D eigenvalue weighted by Crippen LogP contribution is 2.04. The molecule has 1 atom stereocenters. The summed E-state index contributed by atoms with van der Waals surface area (Å²) >= 11 is 0. The quantitative estimate of drug-likeness (QED) is 0.583. The Morgan fingerprint density at radius 2 is 2.33 bits per heavy atom. The molecule has 0 spiro atoms. The smallest absolute Gasteiger partial charge is 0.242 e. The molecular formula is C10H19N3O2. The zero-order valence-electron chi connectivity index (χ0n) is 9.14. The molecule has 0 radical (unpaired) electrons. The van der Waals surface area contributed by atoms with Crippen LogP contribution in [0.1, 0.15) is 26.2 Å². The first-order chi connectivity index (χ1) is 7.24. The fourth-order valence-electron chi connectivity index (χ4n) is 1.56. The average molecular weight is 213 g/mol. The summed E-state index contributed by atoms with van der Waals surface area (Å²) in [6, 6.07) is -0.348. The lowest BCUT2D eigenvalue weighted by atomic mass is 10.1. The molecule has 0 aromatic rings. The van der Waals surface area contributed by atoms with Gasteiger partial charge < -0.3 is 16.0 Å². The van der Waals surface area contributed by atoms with Gasteiger partial charge in [0.15, 0.2) is 0 Å². The number of likely N-dealkylation sites (N-methyl/N-ethyl adjacent to an activating group) is 1. The van der Waals surface area contributed by atoms with E-state index in [2.05, 4.69) is 16.0 Å². The number of nitrogens with one attached hydrogen (secondary N) is 3. The highest BCUT2D eigenvalue weighted by Gasteiger charge is 2.21. The molecular weight excluding hydrogens is 194 g/mol. The van der Waals surface area contributed by atoms with Gasteiger partial charge in [-0.2, -0.15) is 0 Å². The summed E-state index contributed by atoms with van der Waals surface area (Å²) in [5.74, 6) is -0.170. The van der Waals surface area contributed by atoms with Crippen LogP contribution in [-0.4, -0.2) is 37.5 Å². The Kier molecular flexibility index (Phi) is 5.10. The lowest BCUT2D eigenvalue weighted by molar-refractivity contribution is -0.128. The summed E-state index contributed by atoms with van der Waals surface area (Å²) < 4.78 is 0. The lowest BCUT2D eigenvalue weighted by Gasteiger charge is -2.15. The normalized spacial score (nSPS) is 21.7. The van der Waals surface area contributed by atoms with Gasteiger partial charge in [-0.15, -0.1) is 0 Å². The molecule has 1 saturated heterocycles. The third-order valence-electron chi connectivity index (χ3n) is 2.41. The standard InChI is InChI=1S/C10H19N3O2/c1-2-11-7-9(14)13-8-5-3-4-6-12-10(8)15/h8,11H,2-7H2,1H3,(H,12,15)(H,13,14). The van der Waals surface area contributed by atoms with E-state index in [4.69, 9.17) is 0 Å². The van der Waals surface area contributed by atoms with Gasteiger partial charge in [0.05, 0.1) is 6.54 Å². The van der Waals surface area contributed by atoms with Crippen LogP contribution in [0.2, 0.25) is 0 Å². The zero-order chi connectivity index (χ0) is 11.1. The number of rotatable bonds is 4. The third-order valence-corrected chi connectivity index (χ3v) is 2.41. The summed E-state index contributed by atoms with van der Waals surface area (Å²) in [5, 5.41) is 8.44. The van der Waals surface area contributed by atoms with E-state index in [-0.39, 0.29) is 24.4 Å². The molecule has 15 heavy (non-hydrogen) atoms. The van der Waals surface area contributed by atoms with E-state index < -0.39 is 0 Å². The lowest BCUT2D eigenvalue weighted by Crippen LogP contribution is -2.47. The summed E-state index contributed by atoms with van der Waals surface area (Å²) in [6.07, 6.45) is 2.71. The first-order valence-corrected chi connectivity index (χ1v) is 5.52. The minimum absolute atomic E-state index is 0.0580. The van der Waals surface area contributed by atoms with Crippen LogP contribution in [0.15, 0.2) is 0 Å². The van der Waals surface area contributed by atoms with E-state index >= 15 is 0 Å². The maximum atomic E-state index is 11.5. The first-order valence-electron chi connectivity index (χ1n) is 5.52. The van der Waals surface area contributed by atoms with Crippen molar-refractivity contribution in [2.24, 2.45) is 0 Å². The molecule has 1 aliphatic rings. The number of carbonyl (C=O) groups is 2. The van der Waals surface area contributed by atoms with E-state index in [0.717, 1.165) is 32.4 Å². The van der Waals surface area contributed by atoms with Gasteiger partial charge in [-0.1, -0.05) is 6.92 Å². The molecule has 3 N–H and O–H groups in total. The highest BCUT2D eigenvalue weighted by molar-refractivity contribution is 5.88. The van der Waals surface area contributed by atoms with Gasteiger partial charge in [0.25, 0.3) is 0 Å². The number of carbonyl (C=O) groups excluding carboxylic acids is 2. The van der Waals surface area contributed by atoms with Crippen LogP contribution in [0.5, 0.6) is 0 Å². The molecule has 2 amide bonds. The minimum atomic E-state index is -0.348. The third kappa shape index (κ3) is 4.29. The molecule has 1 unspecified atom stereocenters. The van der Waals surface area contributed by atoms with Crippen molar-refractivity contribution in [2.75, 3.05) is 19.6 Å². The molecule has 0 aromatic heterocycles. The SMILES string of the molecule is CCNCC(=O)NC1CCCCNC1=O. The van der Waals surface area contributed by atoms with Crippen molar-refractivity contribution in [3.8, 4) is 0 Å². The monoisotopic (exact) mass is 213 g/mol. The van der Waals surface area contributed by atoms with Gasteiger partial charge in [0.1, 0.15) is 6.04 Å². The Morgan fingerprint density at radius 1 is 1.53 bits per heavy atom. The summed E-state index contributed by atoms with van der Waals surface area (Å²) in [5.41, 5.74) is 0. The van der Waals surface area contributed by atoms with Crippen LogP contribution in [0.4, 0.5) is 0 Å². The molecule has 5 heteroatoms. The van der Waals surface area contributed by atoms with E-state index in [1.165, 1.54) is 0 Å². The minimum Gasteiger partial charge on any atom is -0.354 e. The van der Waals surface area contributed by atoms with Crippen molar-refractivity contribution < 1.29 is 9.59 Å². The summed E-state index contributed by atoms with van der Waals surface area (Å²) in [6.45, 7) is 3.69. The maximum Gasteiger partial charge on any atom is 0.242 e. The predicted octanol–water partition coefficient (Wildman–Crippen LogP) is -0.619. The van der Waals surface area contributed by atoms with Crippen molar-refractivity contribution in [3.05, 3.63) is 0 Å².